The standard InChI is InChI=1S/C17H25N3O4/c1-12-11-19(16(21)24-17(3,4)5)13(2)10-18(12)14-6-8-15(9-7-14)20(22)23/h6-9,12-13H,10-11H2,1-5H3/t12-,13-/m1/s1. The van der Waals surface area contributed by atoms with Crippen molar-refractivity contribution in [1.82, 2.24) is 4.90 Å². The Bertz CT molecular complexity index is 609. The summed E-state index contributed by atoms with van der Waals surface area (Å²) in [7, 11) is 0. The van der Waals surface area contributed by atoms with E-state index in [0.717, 1.165) is 5.69 Å². The monoisotopic (exact) mass is 335 g/mol. The molecule has 0 N–H and O–H groups in total. The molecule has 24 heavy (non-hydrogen) atoms. The van der Waals surface area contributed by atoms with Gasteiger partial charge >= 0.3 is 6.09 Å². The van der Waals surface area contributed by atoms with Gasteiger partial charge in [0.25, 0.3) is 5.69 Å². The molecule has 0 aliphatic carbocycles. The second-order valence-electron chi connectivity index (χ2n) is 7.26. The zero-order valence-corrected chi connectivity index (χ0v) is 14.9. The molecule has 1 aliphatic heterocycles. The number of carbonyl (C=O) groups excluding carboxylic acids is 1. The second kappa shape index (κ2) is 6.67. The van der Waals surface area contributed by atoms with Crippen molar-refractivity contribution in [2.75, 3.05) is 18.0 Å². The summed E-state index contributed by atoms with van der Waals surface area (Å²) in [5.41, 5.74) is 0.478. The molecule has 2 rings (SSSR count). The number of nitro groups is 1. The average Bonchev–Trinajstić information content (AvgIpc) is 2.47. The van der Waals surface area contributed by atoms with Crippen molar-refractivity contribution in [3.63, 3.8) is 0 Å². The van der Waals surface area contributed by atoms with E-state index < -0.39 is 10.5 Å². The van der Waals surface area contributed by atoms with E-state index in [1.807, 2.05) is 34.6 Å². The first-order valence-electron chi connectivity index (χ1n) is 8.09. The molecule has 1 fully saturated rings. The van der Waals surface area contributed by atoms with Crippen molar-refractivity contribution in [3.05, 3.63) is 34.4 Å². The number of carbonyl (C=O) groups is 1. The maximum absolute atomic E-state index is 12.3. The van der Waals surface area contributed by atoms with E-state index in [1.165, 1.54) is 12.1 Å². The summed E-state index contributed by atoms with van der Waals surface area (Å²) in [5.74, 6) is 0. The van der Waals surface area contributed by atoms with Crippen LogP contribution in [0.15, 0.2) is 24.3 Å². The molecule has 1 aromatic rings. The fraction of sp³-hybridized carbons (Fsp3) is 0.588. The van der Waals surface area contributed by atoms with Gasteiger partial charge in [-0.1, -0.05) is 0 Å². The molecule has 1 heterocycles. The largest absolute Gasteiger partial charge is 0.444 e. The van der Waals surface area contributed by atoms with Crippen molar-refractivity contribution in [2.45, 2.75) is 52.3 Å². The van der Waals surface area contributed by atoms with E-state index in [-0.39, 0.29) is 23.9 Å². The van der Waals surface area contributed by atoms with Gasteiger partial charge in [0.15, 0.2) is 0 Å². The molecule has 0 spiro atoms. The first-order chi connectivity index (χ1) is 11.1. The maximum Gasteiger partial charge on any atom is 0.410 e. The fourth-order valence-corrected chi connectivity index (χ4v) is 2.83. The van der Waals surface area contributed by atoms with Crippen LogP contribution >= 0.6 is 0 Å². The number of rotatable bonds is 2. The molecule has 1 saturated heterocycles. The number of nitrogens with zero attached hydrogens (tertiary/aromatic N) is 3. The van der Waals surface area contributed by atoms with E-state index >= 15 is 0 Å². The quantitative estimate of drug-likeness (QED) is 0.611. The van der Waals surface area contributed by atoms with Gasteiger partial charge in [-0.2, -0.15) is 0 Å². The van der Waals surface area contributed by atoms with Crippen LogP contribution in [0.25, 0.3) is 0 Å². The molecule has 1 amide bonds. The van der Waals surface area contributed by atoms with Crippen LogP contribution in [0.2, 0.25) is 0 Å². The SMILES string of the molecule is C[C@@H]1CN(c2ccc([N+](=O)[O-])cc2)[C@H](C)CN1C(=O)OC(C)(C)C. The van der Waals surface area contributed by atoms with Gasteiger partial charge in [-0.05, 0) is 46.8 Å². The topological polar surface area (TPSA) is 75.9 Å². The van der Waals surface area contributed by atoms with Gasteiger partial charge in [-0.25, -0.2) is 4.79 Å². The summed E-state index contributed by atoms with van der Waals surface area (Å²) in [6.45, 7) is 10.8. The van der Waals surface area contributed by atoms with Gasteiger partial charge in [-0.3, -0.25) is 10.1 Å². The smallest absolute Gasteiger partial charge is 0.410 e. The third-order valence-electron chi connectivity index (χ3n) is 4.01. The van der Waals surface area contributed by atoms with E-state index in [2.05, 4.69) is 4.90 Å². The Labute approximate surface area is 142 Å². The van der Waals surface area contributed by atoms with E-state index in [1.54, 1.807) is 17.0 Å². The number of non-ortho nitro benzene ring substituents is 1. The number of nitro benzene ring substituents is 1. The van der Waals surface area contributed by atoms with Crippen molar-refractivity contribution in [2.24, 2.45) is 0 Å². The summed E-state index contributed by atoms with van der Waals surface area (Å²) >= 11 is 0. The van der Waals surface area contributed by atoms with E-state index in [9.17, 15) is 14.9 Å². The molecular weight excluding hydrogens is 310 g/mol. The minimum Gasteiger partial charge on any atom is -0.444 e. The summed E-state index contributed by atoms with van der Waals surface area (Å²) in [4.78, 5) is 26.6. The van der Waals surface area contributed by atoms with Crippen molar-refractivity contribution in [1.29, 1.82) is 0 Å². The molecule has 0 bridgehead atoms. The third kappa shape index (κ3) is 4.15. The van der Waals surface area contributed by atoms with Gasteiger partial charge in [-0.15, -0.1) is 0 Å². The number of piperazine rings is 1. The summed E-state index contributed by atoms with van der Waals surface area (Å²) in [6, 6.07) is 6.61. The first-order valence-corrected chi connectivity index (χ1v) is 8.09. The molecule has 1 aliphatic rings. The lowest BCUT2D eigenvalue weighted by molar-refractivity contribution is -0.384. The molecule has 0 aromatic heterocycles. The van der Waals surface area contributed by atoms with Crippen molar-refractivity contribution in [3.8, 4) is 0 Å². The Kier molecular flexibility index (Phi) is 5.01. The highest BCUT2D eigenvalue weighted by molar-refractivity contribution is 5.69. The highest BCUT2D eigenvalue weighted by Gasteiger charge is 2.34. The number of ether oxygens (including phenoxy) is 1. The number of hydrogen-bond donors (Lipinski definition) is 0. The molecule has 7 heteroatoms. The molecule has 7 nitrogen and oxygen atoms in total. The van der Waals surface area contributed by atoms with Gasteiger partial charge < -0.3 is 14.5 Å². The molecule has 1 aromatic carbocycles. The molecular formula is C17H25N3O4. The Hall–Kier alpha value is -2.31. The van der Waals surface area contributed by atoms with Gasteiger partial charge in [0.05, 0.1) is 4.92 Å². The zero-order valence-electron chi connectivity index (χ0n) is 14.9. The van der Waals surface area contributed by atoms with E-state index in [0.29, 0.717) is 13.1 Å². The molecule has 132 valence electrons. The Morgan fingerprint density at radius 3 is 2.25 bits per heavy atom. The highest BCUT2D eigenvalue weighted by atomic mass is 16.6. The normalized spacial score (nSPS) is 21.5. The van der Waals surface area contributed by atoms with Crippen LogP contribution in [0.1, 0.15) is 34.6 Å². The summed E-state index contributed by atoms with van der Waals surface area (Å²) < 4.78 is 5.47. The molecule has 0 radical (unpaired) electrons. The number of hydrogen-bond acceptors (Lipinski definition) is 5. The van der Waals surface area contributed by atoms with E-state index in [4.69, 9.17) is 4.74 Å². The second-order valence-corrected chi connectivity index (χ2v) is 7.26. The number of anilines is 1. The van der Waals surface area contributed by atoms with Crippen molar-refractivity contribution < 1.29 is 14.5 Å². The lowest BCUT2D eigenvalue weighted by Crippen LogP contribution is -2.59. The minimum atomic E-state index is -0.518. The zero-order chi connectivity index (χ0) is 18.1. The Morgan fingerprint density at radius 2 is 1.75 bits per heavy atom. The fourth-order valence-electron chi connectivity index (χ4n) is 2.83. The first kappa shape index (κ1) is 18.0. The lowest BCUT2D eigenvalue weighted by atomic mass is 10.1. The van der Waals surface area contributed by atoms with Crippen LogP contribution in [-0.2, 0) is 4.74 Å². The average molecular weight is 335 g/mol. The van der Waals surface area contributed by atoms with Gasteiger partial charge in [0, 0.05) is 43.0 Å². The summed E-state index contributed by atoms with van der Waals surface area (Å²) in [5, 5.41) is 10.8. The Morgan fingerprint density at radius 1 is 1.17 bits per heavy atom. The predicted molar refractivity (Wildman–Crippen MR) is 92.3 cm³/mol. The summed E-state index contributed by atoms with van der Waals surface area (Å²) in [6.07, 6.45) is -0.301. The van der Waals surface area contributed by atoms with Crippen LogP contribution in [0.3, 0.4) is 0 Å². The van der Waals surface area contributed by atoms with Crippen LogP contribution in [0.5, 0.6) is 0 Å². The Balaban J connectivity index is 2.10. The third-order valence-corrected chi connectivity index (χ3v) is 4.01. The maximum atomic E-state index is 12.3. The van der Waals surface area contributed by atoms with Gasteiger partial charge in [0.2, 0.25) is 0 Å². The highest BCUT2D eigenvalue weighted by Crippen LogP contribution is 2.26. The van der Waals surface area contributed by atoms with Crippen molar-refractivity contribution >= 4 is 17.5 Å². The van der Waals surface area contributed by atoms with Crippen LogP contribution in [-0.4, -0.2) is 46.7 Å². The van der Waals surface area contributed by atoms with Gasteiger partial charge in [0.1, 0.15) is 5.60 Å². The number of benzene rings is 1. The predicted octanol–water partition coefficient (Wildman–Crippen LogP) is 3.43. The van der Waals surface area contributed by atoms with Crippen LogP contribution < -0.4 is 4.90 Å². The van der Waals surface area contributed by atoms with Crippen LogP contribution in [0, 0.1) is 10.1 Å². The number of amides is 1. The molecule has 0 unspecified atom stereocenters. The lowest BCUT2D eigenvalue weighted by Gasteiger charge is -2.45. The molecule has 2 atom stereocenters. The minimum absolute atomic E-state index is 0.00811. The van der Waals surface area contributed by atoms with Crippen LogP contribution in [0.4, 0.5) is 16.2 Å². The molecule has 0 saturated carbocycles.